The molecule has 0 nitrogen and oxygen atoms in total. The van der Waals surface area contributed by atoms with E-state index in [2.05, 4.69) is 137 Å². The minimum Gasteiger partial charge on any atom is -1.00 e. The average molecular weight is 615 g/mol. The summed E-state index contributed by atoms with van der Waals surface area (Å²) in [6, 6.07) is 42.0. The van der Waals surface area contributed by atoms with Gasteiger partial charge in [-0.2, -0.15) is 47.5 Å². The van der Waals surface area contributed by atoms with Crippen LogP contribution < -0.4 is 24.8 Å². The van der Waals surface area contributed by atoms with E-state index in [1.54, 1.807) is 0 Å². The van der Waals surface area contributed by atoms with Gasteiger partial charge < -0.3 is 24.8 Å². The summed E-state index contributed by atoms with van der Waals surface area (Å²) in [6.45, 7) is 8.46. The fourth-order valence-corrected chi connectivity index (χ4v) is 5.14. The van der Waals surface area contributed by atoms with E-state index in [0.717, 1.165) is 6.42 Å². The number of benzene rings is 4. The molecule has 0 saturated heterocycles. The first kappa shape index (κ1) is 31.8. The van der Waals surface area contributed by atoms with E-state index in [1.165, 1.54) is 83.1 Å². The summed E-state index contributed by atoms with van der Waals surface area (Å²) in [7, 11) is 0. The molecular formula is C35H32Cl2Zr-2. The van der Waals surface area contributed by atoms with Crippen LogP contribution in [0.5, 0.6) is 0 Å². The van der Waals surface area contributed by atoms with Gasteiger partial charge in [0.05, 0.1) is 0 Å². The second-order valence-electron chi connectivity index (χ2n) is 9.47. The number of fused-ring (bicyclic) bond motifs is 3. The normalized spacial score (nSPS) is 10.3. The van der Waals surface area contributed by atoms with E-state index in [-0.39, 0.29) is 24.8 Å². The molecule has 1 aliphatic rings. The van der Waals surface area contributed by atoms with Crippen molar-refractivity contribution in [2.75, 3.05) is 0 Å². The predicted molar refractivity (Wildman–Crippen MR) is 151 cm³/mol. The average Bonchev–Trinajstić information content (AvgIpc) is 3.47. The second-order valence-corrected chi connectivity index (χ2v) is 10.7. The van der Waals surface area contributed by atoms with Gasteiger partial charge in [-0.25, -0.2) is 11.6 Å². The van der Waals surface area contributed by atoms with Gasteiger partial charge in [-0.3, -0.25) is 0 Å². The summed E-state index contributed by atoms with van der Waals surface area (Å²) < 4.78 is 1.42. The van der Waals surface area contributed by atoms with Crippen LogP contribution in [0.2, 0.25) is 0 Å². The van der Waals surface area contributed by atoms with Gasteiger partial charge in [0, 0.05) is 0 Å². The first-order valence-electron chi connectivity index (χ1n) is 12.4. The maximum Gasteiger partial charge on any atom is -0.0253 e. The molecular weight excluding hydrogens is 583 g/mol. The van der Waals surface area contributed by atoms with Crippen molar-refractivity contribution in [3.63, 3.8) is 0 Å². The van der Waals surface area contributed by atoms with Gasteiger partial charge >= 0.3 is 112 Å². The minimum atomic E-state index is 0. The molecule has 0 N–H and O–H groups in total. The van der Waals surface area contributed by atoms with E-state index >= 15 is 0 Å². The topological polar surface area (TPSA) is 0 Å². The molecule has 0 bridgehead atoms. The third-order valence-corrected chi connectivity index (χ3v) is 7.78. The fourth-order valence-electron chi connectivity index (χ4n) is 4.32. The Hall–Kier alpha value is -2.44. The third-order valence-electron chi connectivity index (χ3n) is 6.36. The van der Waals surface area contributed by atoms with Crippen molar-refractivity contribution < 1.29 is 49.0 Å². The number of halogens is 2. The number of hydrogen-bond donors (Lipinski definition) is 0. The zero-order valence-corrected chi connectivity index (χ0v) is 26.3. The summed E-state index contributed by atoms with van der Waals surface area (Å²) in [6.07, 6.45) is 1.05. The van der Waals surface area contributed by atoms with Crippen LogP contribution in [0.15, 0.2) is 109 Å². The van der Waals surface area contributed by atoms with Gasteiger partial charge in [-0.05, 0) is 6.42 Å². The van der Waals surface area contributed by atoms with Crippen LogP contribution in [0.1, 0.15) is 44.5 Å². The van der Waals surface area contributed by atoms with Crippen LogP contribution in [-0.4, -0.2) is 3.21 Å². The molecule has 0 aromatic heterocycles. The van der Waals surface area contributed by atoms with Gasteiger partial charge in [-0.15, -0.1) is 5.56 Å². The molecule has 3 heteroatoms. The molecule has 0 radical (unpaired) electrons. The van der Waals surface area contributed by atoms with Crippen LogP contribution in [0.3, 0.4) is 0 Å². The van der Waals surface area contributed by atoms with Gasteiger partial charge in [0.15, 0.2) is 0 Å². The van der Waals surface area contributed by atoms with Crippen molar-refractivity contribution in [3.8, 4) is 11.1 Å². The molecule has 6 rings (SSSR count). The summed E-state index contributed by atoms with van der Waals surface area (Å²) in [5.41, 5.74) is 13.5. The molecule has 38 heavy (non-hydrogen) atoms. The van der Waals surface area contributed by atoms with E-state index < -0.39 is 0 Å². The van der Waals surface area contributed by atoms with E-state index in [0.29, 0.717) is 0 Å². The fraction of sp³-hybridized carbons (Fsp3) is 0.143. The first-order chi connectivity index (χ1) is 17.4. The van der Waals surface area contributed by atoms with Crippen LogP contribution >= 0.6 is 0 Å². The van der Waals surface area contributed by atoms with Gasteiger partial charge in [0.2, 0.25) is 0 Å². The Morgan fingerprint density at radius 2 is 1.24 bits per heavy atom. The molecule has 0 fully saturated rings. The summed E-state index contributed by atoms with van der Waals surface area (Å²) in [4.78, 5) is 0. The van der Waals surface area contributed by atoms with Gasteiger partial charge in [0.1, 0.15) is 0 Å². The monoisotopic (exact) mass is 612 g/mol. The molecule has 0 atom stereocenters. The smallest absolute Gasteiger partial charge is 0.0253 e. The summed E-state index contributed by atoms with van der Waals surface area (Å²) in [5, 5.41) is 0. The molecule has 5 aromatic carbocycles. The van der Waals surface area contributed by atoms with Crippen LogP contribution in [-0.2, 0) is 30.7 Å². The third kappa shape index (κ3) is 8.54. The van der Waals surface area contributed by atoms with Gasteiger partial charge in [0.25, 0.3) is 0 Å². The Kier molecular flexibility index (Phi) is 12.7. The molecule has 0 amide bonds. The van der Waals surface area contributed by atoms with Gasteiger partial charge in [-0.1, -0.05) is 49.2 Å². The molecule has 0 saturated carbocycles. The molecule has 0 aliphatic heterocycles. The zero-order chi connectivity index (χ0) is 25.5. The summed E-state index contributed by atoms with van der Waals surface area (Å²) >= 11 is 1.46. The molecule has 1 aliphatic carbocycles. The van der Waals surface area contributed by atoms with Crippen molar-refractivity contribution in [3.05, 3.63) is 160 Å². The van der Waals surface area contributed by atoms with E-state index in [9.17, 15) is 0 Å². The zero-order valence-electron chi connectivity index (χ0n) is 22.4. The van der Waals surface area contributed by atoms with Crippen molar-refractivity contribution in [1.29, 1.82) is 0 Å². The van der Waals surface area contributed by atoms with Crippen LogP contribution in [0.25, 0.3) is 11.1 Å². The van der Waals surface area contributed by atoms with E-state index in [1.807, 2.05) is 6.07 Å². The van der Waals surface area contributed by atoms with Crippen LogP contribution in [0, 0.1) is 33.8 Å². The predicted octanol–water partition coefficient (Wildman–Crippen LogP) is 2.51. The van der Waals surface area contributed by atoms with E-state index in [4.69, 9.17) is 0 Å². The Bertz CT molecular complexity index is 1340. The molecule has 0 unspecified atom stereocenters. The van der Waals surface area contributed by atoms with Crippen LogP contribution in [0.4, 0.5) is 0 Å². The Morgan fingerprint density at radius 3 is 1.74 bits per heavy atom. The molecule has 0 spiro atoms. The Labute approximate surface area is 255 Å². The molecule has 5 aromatic rings. The Morgan fingerprint density at radius 1 is 0.684 bits per heavy atom. The maximum atomic E-state index is 3.30. The SMILES string of the molecule is Cc1c[cH-]c(C)c1.Cc1ccc([C](=[Zr+2])c2ccc(C)cc2)cc1.[Cl-].[Cl-].[c-]1cccc2c1Cc1ccccc1-2. The first-order valence-corrected chi connectivity index (χ1v) is 13.6. The Balaban J connectivity index is 0.000000208. The quantitative estimate of drug-likeness (QED) is 0.263. The second kappa shape index (κ2) is 15.2. The molecule has 192 valence electrons. The number of rotatable bonds is 2. The number of hydrogen-bond acceptors (Lipinski definition) is 0. The van der Waals surface area contributed by atoms with Crippen molar-refractivity contribution in [1.82, 2.24) is 0 Å². The maximum absolute atomic E-state index is 3.30. The summed E-state index contributed by atoms with van der Waals surface area (Å²) in [5.74, 6) is 0. The number of aryl methyl sites for hydroxylation is 4. The van der Waals surface area contributed by atoms with Crippen molar-refractivity contribution in [2.24, 2.45) is 0 Å². The largest absolute Gasteiger partial charge is 1.00 e. The van der Waals surface area contributed by atoms with Crippen molar-refractivity contribution >= 4 is 3.21 Å². The standard InChI is InChI=1S/C15H14.C13H9.C7H9.2ClH.Zr/c1-12-3-7-14(8-4-12)11-15-9-5-13(2)6-10-15;1-3-7-12-10(5-1)9-11-6-2-4-8-13(11)12;1-6-3-4-7(2)5-6;;;/h3-10H,1-2H3;1-5,7-8H,9H2;3-5H,1-2H3;2*1H;/q;2*-1;;;+2/p-2. The molecule has 0 heterocycles. The minimum absolute atomic E-state index is 0. The van der Waals surface area contributed by atoms with Crippen molar-refractivity contribution in [2.45, 2.75) is 34.1 Å².